The second-order valence-corrected chi connectivity index (χ2v) is 8.50. The van der Waals surface area contributed by atoms with Crippen LogP contribution < -0.4 is 10.6 Å². The van der Waals surface area contributed by atoms with Crippen LogP contribution in [0.2, 0.25) is 0 Å². The van der Waals surface area contributed by atoms with E-state index in [-0.39, 0.29) is 6.09 Å². The number of nitrogens with zero attached hydrogens (tertiary/aromatic N) is 5. The Morgan fingerprint density at radius 2 is 1.70 bits per heavy atom. The van der Waals surface area contributed by atoms with Gasteiger partial charge < -0.3 is 20.3 Å². The molecule has 27 heavy (non-hydrogen) atoms. The molecule has 3 rings (SSSR count). The van der Waals surface area contributed by atoms with E-state index in [9.17, 15) is 4.79 Å². The lowest BCUT2D eigenvalue weighted by molar-refractivity contribution is 0.0130. The van der Waals surface area contributed by atoms with Crippen LogP contribution in [0.4, 0.5) is 16.4 Å². The van der Waals surface area contributed by atoms with Gasteiger partial charge in [-0.3, -0.25) is 4.90 Å². The summed E-state index contributed by atoms with van der Waals surface area (Å²) < 4.78 is 5.47. The van der Waals surface area contributed by atoms with Crippen LogP contribution in [-0.4, -0.2) is 77.3 Å². The van der Waals surface area contributed by atoms with Gasteiger partial charge in [-0.05, 0) is 39.5 Å². The van der Waals surface area contributed by atoms with E-state index in [1.807, 2.05) is 25.7 Å². The summed E-state index contributed by atoms with van der Waals surface area (Å²) in [5.41, 5.74) is 6.18. The van der Waals surface area contributed by atoms with Crippen molar-refractivity contribution in [3.63, 3.8) is 0 Å². The zero-order chi connectivity index (χ0) is 19.4. The van der Waals surface area contributed by atoms with E-state index in [1.54, 1.807) is 12.4 Å². The number of piperazine rings is 1. The number of rotatable bonds is 3. The summed E-state index contributed by atoms with van der Waals surface area (Å²) >= 11 is 0. The SMILES string of the molecule is CC(C)(C)OC(=O)N1CCN(CC2CCN(c3cnc(N)nc3)CC2)CC1. The molecule has 0 unspecified atom stereocenters. The van der Waals surface area contributed by atoms with Crippen molar-refractivity contribution in [1.82, 2.24) is 19.8 Å². The minimum absolute atomic E-state index is 0.193. The van der Waals surface area contributed by atoms with E-state index in [0.29, 0.717) is 11.9 Å². The van der Waals surface area contributed by atoms with Crippen LogP contribution in [0.3, 0.4) is 0 Å². The Balaban J connectivity index is 1.39. The largest absolute Gasteiger partial charge is 0.444 e. The fourth-order valence-corrected chi connectivity index (χ4v) is 3.67. The Hall–Kier alpha value is -2.09. The summed E-state index contributed by atoms with van der Waals surface area (Å²) in [5, 5.41) is 0. The van der Waals surface area contributed by atoms with E-state index in [4.69, 9.17) is 10.5 Å². The molecule has 2 saturated heterocycles. The van der Waals surface area contributed by atoms with Gasteiger partial charge in [-0.1, -0.05) is 0 Å². The lowest BCUT2D eigenvalue weighted by Crippen LogP contribution is -2.51. The van der Waals surface area contributed by atoms with E-state index < -0.39 is 5.60 Å². The number of nitrogens with two attached hydrogens (primary N) is 1. The van der Waals surface area contributed by atoms with Crippen molar-refractivity contribution in [2.45, 2.75) is 39.2 Å². The van der Waals surface area contributed by atoms with Crippen LogP contribution in [0.5, 0.6) is 0 Å². The Morgan fingerprint density at radius 3 is 2.26 bits per heavy atom. The standard InChI is InChI=1S/C19H32N6O2/c1-19(2,3)27-18(26)25-10-8-23(9-11-25)14-15-4-6-24(7-5-15)16-12-21-17(20)22-13-16/h12-13,15H,4-11,14H2,1-3H3,(H2,20,21,22). The van der Waals surface area contributed by atoms with E-state index >= 15 is 0 Å². The number of hydrogen-bond acceptors (Lipinski definition) is 7. The fraction of sp³-hybridized carbons (Fsp3) is 0.737. The Kier molecular flexibility index (Phi) is 6.04. The van der Waals surface area contributed by atoms with Gasteiger partial charge in [-0.15, -0.1) is 0 Å². The predicted octanol–water partition coefficient (Wildman–Crippen LogP) is 1.83. The number of anilines is 2. The molecule has 8 heteroatoms. The lowest BCUT2D eigenvalue weighted by Gasteiger charge is -2.39. The minimum Gasteiger partial charge on any atom is -0.444 e. The van der Waals surface area contributed by atoms with E-state index in [0.717, 1.165) is 64.3 Å². The molecule has 1 amide bonds. The summed E-state index contributed by atoms with van der Waals surface area (Å²) in [5.74, 6) is 1.02. The van der Waals surface area contributed by atoms with E-state index in [1.165, 1.54) is 0 Å². The highest BCUT2D eigenvalue weighted by atomic mass is 16.6. The molecular weight excluding hydrogens is 344 g/mol. The molecule has 1 aromatic rings. The number of aromatic nitrogens is 2. The molecule has 0 spiro atoms. The molecule has 0 radical (unpaired) electrons. The first-order valence-electron chi connectivity index (χ1n) is 9.83. The molecule has 0 bridgehead atoms. The highest BCUT2D eigenvalue weighted by Crippen LogP contribution is 2.23. The molecule has 0 aliphatic carbocycles. The number of ether oxygens (including phenoxy) is 1. The summed E-state index contributed by atoms with van der Waals surface area (Å²) in [6.07, 6.45) is 5.74. The zero-order valence-electron chi connectivity index (χ0n) is 16.7. The monoisotopic (exact) mass is 376 g/mol. The second-order valence-electron chi connectivity index (χ2n) is 8.50. The smallest absolute Gasteiger partial charge is 0.410 e. The van der Waals surface area contributed by atoms with Crippen molar-refractivity contribution in [3.05, 3.63) is 12.4 Å². The van der Waals surface area contributed by atoms with Crippen LogP contribution in [0.15, 0.2) is 12.4 Å². The third-order valence-corrected chi connectivity index (χ3v) is 5.18. The molecule has 0 atom stereocenters. The third kappa shape index (κ3) is 5.69. The molecule has 2 fully saturated rings. The highest BCUT2D eigenvalue weighted by molar-refractivity contribution is 5.68. The number of piperidine rings is 1. The summed E-state index contributed by atoms with van der Waals surface area (Å²) in [6.45, 7) is 12.2. The van der Waals surface area contributed by atoms with Gasteiger partial charge in [0.2, 0.25) is 5.95 Å². The van der Waals surface area contributed by atoms with Gasteiger partial charge in [0.05, 0.1) is 18.1 Å². The predicted molar refractivity (Wildman–Crippen MR) is 106 cm³/mol. The average Bonchev–Trinajstić information content (AvgIpc) is 2.62. The Bertz CT molecular complexity index is 614. The molecular formula is C19H32N6O2. The first kappa shape index (κ1) is 19.7. The topological polar surface area (TPSA) is 87.8 Å². The van der Waals surface area contributed by atoms with Crippen LogP contribution in [0, 0.1) is 5.92 Å². The number of nitrogen functional groups attached to an aromatic ring is 1. The highest BCUT2D eigenvalue weighted by Gasteiger charge is 2.28. The first-order valence-corrected chi connectivity index (χ1v) is 9.83. The van der Waals surface area contributed by atoms with Gasteiger partial charge in [0.25, 0.3) is 0 Å². The van der Waals surface area contributed by atoms with Crippen molar-refractivity contribution in [2.24, 2.45) is 5.92 Å². The summed E-state index contributed by atoms with van der Waals surface area (Å²) in [6, 6.07) is 0. The zero-order valence-corrected chi connectivity index (χ0v) is 16.7. The number of carbonyl (C=O) groups excluding carboxylic acids is 1. The number of hydrogen-bond donors (Lipinski definition) is 1. The van der Waals surface area contributed by atoms with Crippen molar-refractivity contribution < 1.29 is 9.53 Å². The quantitative estimate of drug-likeness (QED) is 0.861. The molecule has 8 nitrogen and oxygen atoms in total. The van der Waals surface area contributed by atoms with Gasteiger partial charge in [0.1, 0.15) is 5.60 Å². The summed E-state index contributed by atoms with van der Waals surface area (Å²) in [4.78, 5) is 27.0. The van der Waals surface area contributed by atoms with Gasteiger partial charge in [-0.25, -0.2) is 14.8 Å². The van der Waals surface area contributed by atoms with Gasteiger partial charge >= 0.3 is 6.09 Å². The lowest BCUT2D eigenvalue weighted by atomic mass is 9.95. The number of amides is 1. The Labute approximate surface area is 161 Å². The first-order chi connectivity index (χ1) is 12.8. The maximum Gasteiger partial charge on any atom is 0.410 e. The van der Waals surface area contributed by atoms with Crippen LogP contribution >= 0.6 is 0 Å². The molecule has 3 heterocycles. The normalized spacial score (nSPS) is 20.0. The summed E-state index contributed by atoms with van der Waals surface area (Å²) in [7, 11) is 0. The van der Waals surface area contributed by atoms with Gasteiger partial charge in [0, 0.05) is 45.8 Å². The molecule has 150 valence electrons. The van der Waals surface area contributed by atoms with Crippen molar-refractivity contribution in [3.8, 4) is 0 Å². The molecule has 0 aromatic carbocycles. The second kappa shape index (κ2) is 8.29. The van der Waals surface area contributed by atoms with Crippen LogP contribution in [0.1, 0.15) is 33.6 Å². The van der Waals surface area contributed by atoms with Crippen molar-refractivity contribution in [1.29, 1.82) is 0 Å². The fourth-order valence-electron chi connectivity index (χ4n) is 3.67. The Morgan fingerprint density at radius 1 is 1.11 bits per heavy atom. The molecule has 1 aromatic heterocycles. The third-order valence-electron chi connectivity index (χ3n) is 5.18. The van der Waals surface area contributed by atoms with Gasteiger partial charge in [0.15, 0.2) is 0 Å². The maximum absolute atomic E-state index is 12.2. The molecule has 2 aliphatic heterocycles. The minimum atomic E-state index is -0.433. The average molecular weight is 377 g/mol. The molecule has 2 aliphatic rings. The van der Waals surface area contributed by atoms with E-state index in [2.05, 4.69) is 19.8 Å². The van der Waals surface area contributed by atoms with Crippen LogP contribution in [0.25, 0.3) is 0 Å². The van der Waals surface area contributed by atoms with Gasteiger partial charge in [-0.2, -0.15) is 0 Å². The van der Waals surface area contributed by atoms with Crippen LogP contribution in [-0.2, 0) is 4.74 Å². The molecule has 2 N–H and O–H groups in total. The van der Waals surface area contributed by atoms with Crippen molar-refractivity contribution >= 4 is 17.7 Å². The number of carbonyl (C=O) groups is 1. The van der Waals surface area contributed by atoms with Crippen molar-refractivity contribution in [2.75, 3.05) is 56.4 Å². The molecule has 0 saturated carbocycles. The maximum atomic E-state index is 12.2.